The van der Waals surface area contributed by atoms with Crippen LogP contribution in [0.4, 0.5) is 0 Å². The van der Waals surface area contributed by atoms with Crippen molar-refractivity contribution in [1.82, 2.24) is 9.80 Å². The topological polar surface area (TPSA) is 32.8 Å². The third kappa shape index (κ3) is 3.75. The number of hydrogen-bond donors (Lipinski definition) is 0. The average Bonchev–Trinajstić information content (AvgIpc) is 2.94. The van der Waals surface area contributed by atoms with Crippen LogP contribution >= 0.6 is 0 Å². The highest BCUT2D eigenvalue weighted by Crippen LogP contribution is 2.29. The molecule has 0 aromatic heterocycles. The fourth-order valence-corrected chi connectivity index (χ4v) is 4.07. The first-order valence-electron chi connectivity index (χ1n) is 9.44. The molecule has 0 spiro atoms. The molecule has 2 atom stereocenters. The van der Waals surface area contributed by atoms with Crippen molar-refractivity contribution in [3.8, 4) is 5.75 Å². The van der Waals surface area contributed by atoms with E-state index in [-0.39, 0.29) is 5.92 Å². The summed E-state index contributed by atoms with van der Waals surface area (Å²) in [5.41, 5.74) is 2.44. The van der Waals surface area contributed by atoms with Crippen LogP contribution in [-0.2, 0) is 17.9 Å². The molecule has 4 heteroatoms. The lowest BCUT2D eigenvalue weighted by atomic mass is 9.95. The minimum absolute atomic E-state index is 0.173. The van der Waals surface area contributed by atoms with Gasteiger partial charge in [-0.05, 0) is 36.1 Å². The molecule has 3 aliphatic rings. The van der Waals surface area contributed by atoms with Crippen molar-refractivity contribution in [1.29, 1.82) is 0 Å². The van der Waals surface area contributed by atoms with Crippen LogP contribution in [-0.4, -0.2) is 41.9 Å². The van der Waals surface area contributed by atoms with Crippen molar-refractivity contribution in [2.24, 2.45) is 5.92 Å². The molecular formula is C22H26N2O2. The van der Waals surface area contributed by atoms with Gasteiger partial charge in [-0.25, -0.2) is 0 Å². The van der Waals surface area contributed by atoms with Gasteiger partial charge in [0.25, 0.3) is 0 Å². The van der Waals surface area contributed by atoms with Crippen LogP contribution in [0.25, 0.3) is 0 Å². The van der Waals surface area contributed by atoms with E-state index in [1.807, 2.05) is 42.3 Å². The lowest BCUT2D eigenvalue weighted by Gasteiger charge is -2.32. The van der Waals surface area contributed by atoms with E-state index in [2.05, 4.69) is 29.2 Å². The summed E-state index contributed by atoms with van der Waals surface area (Å²) in [6.45, 7) is 3.34. The van der Waals surface area contributed by atoms with Crippen molar-refractivity contribution in [2.75, 3.05) is 20.1 Å². The first kappa shape index (κ1) is 17.1. The highest BCUT2D eigenvalue weighted by atomic mass is 16.5. The van der Waals surface area contributed by atoms with Crippen molar-refractivity contribution < 1.29 is 9.53 Å². The summed E-state index contributed by atoms with van der Waals surface area (Å²) >= 11 is 0. The maximum atomic E-state index is 12.3. The van der Waals surface area contributed by atoms with Gasteiger partial charge in [0, 0.05) is 32.7 Å². The predicted octanol–water partition coefficient (Wildman–Crippen LogP) is 3.32. The summed E-state index contributed by atoms with van der Waals surface area (Å²) in [5.74, 6) is 1.39. The first-order valence-corrected chi connectivity index (χ1v) is 9.44. The number of carbonyl (C=O) groups excluding carboxylic acids is 1. The summed E-state index contributed by atoms with van der Waals surface area (Å²) in [6.07, 6.45) is 2.17. The SMILES string of the molecule is CN1C(=O)[C@H]2CC[C@@H]1CN(Cc1ccc(OCc3ccccc3)cc1)C2. The van der Waals surface area contributed by atoms with E-state index in [0.29, 0.717) is 18.6 Å². The zero-order chi connectivity index (χ0) is 17.9. The fraction of sp³-hybridized carbons (Fsp3) is 0.409. The van der Waals surface area contributed by atoms with E-state index in [1.54, 1.807) is 0 Å². The van der Waals surface area contributed by atoms with Crippen molar-refractivity contribution >= 4 is 5.91 Å². The number of ether oxygens (including phenoxy) is 1. The normalized spacial score (nSPS) is 23.1. The van der Waals surface area contributed by atoms with Crippen LogP contribution in [0.2, 0.25) is 0 Å². The Morgan fingerprint density at radius 2 is 1.73 bits per heavy atom. The Kier molecular flexibility index (Phi) is 4.93. The molecule has 1 amide bonds. The maximum absolute atomic E-state index is 12.3. The highest BCUT2D eigenvalue weighted by molar-refractivity contribution is 5.80. The number of amides is 1. The second-order valence-corrected chi connectivity index (χ2v) is 7.49. The van der Waals surface area contributed by atoms with E-state index >= 15 is 0 Å². The molecule has 4 nitrogen and oxygen atoms in total. The number of benzene rings is 2. The quantitative estimate of drug-likeness (QED) is 0.829. The Labute approximate surface area is 155 Å². The number of hydrogen-bond acceptors (Lipinski definition) is 3. The van der Waals surface area contributed by atoms with Gasteiger partial charge in [-0.1, -0.05) is 42.5 Å². The van der Waals surface area contributed by atoms with E-state index in [4.69, 9.17) is 4.74 Å². The lowest BCUT2D eigenvalue weighted by Crippen LogP contribution is -2.45. The van der Waals surface area contributed by atoms with Gasteiger partial charge in [0.05, 0.1) is 5.92 Å². The van der Waals surface area contributed by atoms with Gasteiger partial charge in [0.2, 0.25) is 5.91 Å². The molecule has 5 rings (SSSR count). The molecular weight excluding hydrogens is 324 g/mol. The molecule has 2 aromatic carbocycles. The van der Waals surface area contributed by atoms with E-state index in [9.17, 15) is 4.79 Å². The molecule has 0 saturated carbocycles. The highest BCUT2D eigenvalue weighted by Gasteiger charge is 2.38. The average molecular weight is 350 g/mol. The van der Waals surface area contributed by atoms with Crippen LogP contribution in [0, 0.1) is 5.92 Å². The van der Waals surface area contributed by atoms with Gasteiger partial charge in [0.1, 0.15) is 12.4 Å². The zero-order valence-electron chi connectivity index (χ0n) is 15.3. The standard InChI is InChI=1S/C22H26N2O2/c1-23-20-10-9-19(22(23)25)14-24(15-20)13-17-7-11-21(12-8-17)26-16-18-5-3-2-4-6-18/h2-8,11-12,19-20H,9-10,13-16H2,1H3/t19-,20+/m0/s1. The van der Waals surface area contributed by atoms with Crippen LogP contribution in [0.1, 0.15) is 24.0 Å². The second-order valence-electron chi connectivity index (χ2n) is 7.49. The summed E-state index contributed by atoms with van der Waals surface area (Å²) in [6, 6.07) is 18.9. The minimum atomic E-state index is 0.173. The Morgan fingerprint density at radius 1 is 0.962 bits per heavy atom. The molecule has 0 N–H and O–H groups in total. The summed E-state index contributed by atoms with van der Waals surface area (Å²) in [7, 11) is 1.96. The maximum Gasteiger partial charge on any atom is 0.227 e. The second kappa shape index (κ2) is 7.50. The van der Waals surface area contributed by atoms with Crippen molar-refractivity contribution in [2.45, 2.75) is 32.0 Å². The van der Waals surface area contributed by atoms with Gasteiger partial charge in [0.15, 0.2) is 0 Å². The molecule has 136 valence electrons. The number of fused-ring (bicyclic) bond motifs is 4. The molecule has 2 bridgehead atoms. The Bertz CT molecular complexity index is 744. The van der Waals surface area contributed by atoms with E-state index in [0.717, 1.165) is 38.2 Å². The van der Waals surface area contributed by atoms with E-state index in [1.165, 1.54) is 11.1 Å². The summed E-state index contributed by atoms with van der Waals surface area (Å²) in [5, 5.41) is 0. The van der Waals surface area contributed by atoms with Gasteiger partial charge >= 0.3 is 0 Å². The largest absolute Gasteiger partial charge is 0.489 e. The monoisotopic (exact) mass is 350 g/mol. The molecule has 0 aliphatic carbocycles. The Hall–Kier alpha value is -2.33. The molecule has 3 aliphatic heterocycles. The molecule has 26 heavy (non-hydrogen) atoms. The van der Waals surface area contributed by atoms with Crippen LogP contribution < -0.4 is 4.74 Å². The third-order valence-corrected chi connectivity index (χ3v) is 5.62. The van der Waals surface area contributed by atoms with Crippen LogP contribution in [0.15, 0.2) is 54.6 Å². The number of piperidine rings is 1. The van der Waals surface area contributed by atoms with Crippen LogP contribution in [0.5, 0.6) is 5.75 Å². The van der Waals surface area contributed by atoms with Crippen LogP contribution in [0.3, 0.4) is 0 Å². The fourth-order valence-electron chi connectivity index (χ4n) is 4.07. The van der Waals surface area contributed by atoms with Crippen molar-refractivity contribution in [3.05, 3.63) is 65.7 Å². The van der Waals surface area contributed by atoms with Gasteiger partial charge in [-0.2, -0.15) is 0 Å². The van der Waals surface area contributed by atoms with Gasteiger partial charge in [-0.15, -0.1) is 0 Å². The molecule has 3 heterocycles. The molecule has 3 fully saturated rings. The molecule has 0 radical (unpaired) electrons. The number of rotatable bonds is 5. The third-order valence-electron chi connectivity index (χ3n) is 5.62. The number of likely N-dealkylation sites (N-methyl/N-ethyl adjacent to an activating group) is 1. The van der Waals surface area contributed by atoms with Crippen molar-refractivity contribution in [3.63, 3.8) is 0 Å². The predicted molar refractivity (Wildman–Crippen MR) is 102 cm³/mol. The summed E-state index contributed by atoms with van der Waals surface area (Å²) < 4.78 is 5.86. The molecule has 2 aromatic rings. The molecule has 3 saturated heterocycles. The first-order chi connectivity index (χ1) is 12.7. The number of carbonyl (C=O) groups is 1. The lowest BCUT2D eigenvalue weighted by molar-refractivity contribution is -0.138. The Morgan fingerprint density at radius 3 is 2.50 bits per heavy atom. The smallest absolute Gasteiger partial charge is 0.227 e. The zero-order valence-corrected chi connectivity index (χ0v) is 15.3. The van der Waals surface area contributed by atoms with Gasteiger partial charge in [-0.3, -0.25) is 9.69 Å². The molecule has 0 unspecified atom stereocenters. The summed E-state index contributed by atoms with van der Waals surface area (Å²) in [4.78, 5) is 16.7. The number of nitrogens with zero attached hydrogens (tertiary/aromatic N) is 2. The minimum Gasteiger partial charge on any atom is -0.489 e. The van der Waals surface area contributed by atoms with E-state index < -0.39 is 0 Å². The van der Waals surface area contributed by atoms with Gasteiger partial charge < -0.3 is 9.64 Å². The Balaban J connectivity index is 1.35.